The molecule has 0 fully saturated rings. The summed E-state index contributed by atoms with van der Waals surface area (Å²) < 4.78 is 2.03. The molecule has 1 aliphatic rings. The number of para-hydroxylation sites is 1. The van der Waals surface area contributed by atoms with E-state index < -0.39 is 0 Å². The molecule has 25 heavy (non-hydrogen) atoms. The number of benzene rings is 1. The minimum absolute atomic E-state index is 0.0675. The number of hydrogen-bond acceptors (Lipinski definition) is 2. The molecule has 1 atom stereocenters. The Morgan fingerprint density at radius 1 is 1.08 bits per heavy atom. The number of carbonyl (C=O) groups excluding carboxylic acids is 2. The zero-order valence-electron chi connectivity index (χ0n) is 14.6. The lowest BCUT2D eigenvalue weighted by molar-refractivity contribution is -0.126. The van der Waals surface area contributed by atoms with Gasteiger partial charge in [-0.3, -0.25) is 20.4 Å². The average molecular weight is 337 g/mol. The topological polar surface area (TPSA) is 63.1 Å². The van der Waals surface area contributed by atoms with Gasteiger partial charge in [0.15, 0.2) is 0 Å². The van der Waals surface area contributed by atoms with Crippen LogP contribution >= 0.6 is 0 Å². The highest BCUT2D eigenvalue weighted by Crippen LogP contribution is 2.21. The third-order valence-corrected chi connectivity index (χ3v) is 4.63. The zero-order chi connectivity index (χ0) is 17.8. The van der Waals surface area contributed by atoms with Crippen LogP contribution < -0.4 is 10.9 Å². The van der Waals surface area contributed by atoms with Gasteiger partial charge in [-0.1, -0.05) is 30.4 Å². The number of hydrogen-bond donors (Lipinski definition) is 2. The van der Waals surface area contributed by atoms with E-state index in [2.05, 4.69) is 16.9 Å². The maximum atomic E-state index is 12.5. The number of hydrazine groups is 1. The van der Waals surface area contributed by atoms with Gasteiger partial charge in [-0.15, -0.1) is 0 Å². The van der Waals surface area contributed by atoms with Crippen LogP contribution in [-0.4, -0.2) is 16.4 Å². The van der Waals surface area contributed by atoms with E-state index in [1.54, 1.807) is 0 Å². The Labute approximate surface area is 147 Å². The largest absolute Gasteiger partial charge is 0.318 e. The van der Waals surface area contributed by atoms with Gasteiger partial charge in [-0.2, -0.15) is 0 Å². The summed E-state index contributed by atoms with van der Waals surface area (Å²) in [7, 11) is 0. The monoisotopic (exact) mass is 337 g/mol. The molecule has 5 nitrogen and oxygen atoms in total. The van der Waals surface area contributed by atoms with E-state index in [0.29, 0.717) is 5.56 Å². The maximum Gasteiger partial charge on any atom is 0.271 e. The summed E-state index contributed by atoms with van der Waals surface area (Å²) in [5.41, 5.74) is 8.50. The SMILES string of the molecule is Cc1cc(C(=O)NNC(=O)C2CC=CCC2)c(C)n1-c1ccccc1. The van der Waals surface area contributed by atoms with Gasteiger partial charge in [-0.25, -0.2) is 0 Å². The van der Waals surface area contributed by atoms with Crippen LogP contribution in [0.5, 0.6) is 0 Å². The number of nitrogens with zero attached hydrogens (tertiary/aromatic N) is 1. The van der Waals surface area contributed by atoms with E-state index in [4.69, 9.17) is 0 Å². The van der Waals surface area contributed by atoms with Crippen LogP contribution in [0.1, 0.15) is 41.0 Å². The first kappa shape index (κ1) is 17.0. The molecule has 0 saturated heterocycles. The van der Waals surface area contributed by atoms with Crippen molar-refractivity contribution < 1.29 is 9.59 Å². The molecule has 2 aromatic rings. The number of amides is 2. The fraction of sp³-hybridized carbons (Fsp3) is 0.300. The van der Waals surface area contributed by atoms with Gasteiger partial charge in [0.05, 0.1) is 5.56 Å². The normalized spacial score (nSPS) is 16.5. The third-order valence-electron chi connectivity index (χ3n) is 4.63. The lowest BCUT2D eigenvalue weighted by atomic mass is 9.94. The minimum Gasteiger partial charge on any atom is -0.318 e. The lowest BCUT2D eigenvalue weighted by Crippen LogP contribution is -2.44. The highest BCUT2D eigenvalue weighted by Gasteiger charge is 2.21. The van der Waals surface area contributed by atoms with Crippen LogP contribution in [0.15, 0.2) is 48.6 Å². The van der Waals surface area contributed by atoms with Crippen molar-refractivity contribution in [3.8, 4) is 5.69 Å². The van der Waals surface area contributed by atoms with Crippen LogP contribution in [0.2, 0.25) is 0 Å². The summed E-state index contributed by atoms with van der Waals surface area (Å²) in [6.07, 6.45) is 6.55. The van der Waals surface area contributed by atoms with Gasteiger partial charge in [0, 0.05) is 23.0 Å². The molecule has 5 heteroatoms. The van der Waals surface area contributed by atoms with Crippen molar-refractivity contribution >= 4 is 11.8 Å². The third kappa shape index (κ3) is 3.65. The van der Waals surface area contributed by atoms with E-state index in [1.807, 2.05) is 60.9 Å². The first-order valence-corrected chi connectivity index (χ1v) is 8.57. The van der Waals surface area contributed by atoms with Crippen molar-refractivity contribution in [1.29, 1.82) is 0 Å². The molecule has 1 aromatic carbocycles. The van der Waals surface area contributed by atoms with Crippen molar-refractivity contribution in [3.63, 3.8) is 0 Å². The molecular weight excluding hydrogens is 314 g/mol. The molecule has 2 amide bonds. The summed E-state index contributed by atoms with van der Waals surface area (Å²) in [6, 6.07) is 11.7. The second-order valence-electron chi connectivity index (χ2n) is 6.38. The Balaban J connectivity index is 1.71. The fourth-order valence-corrected chi connectivity index (χ4v) is 3.29. The summed E-state index contributed by atoms with van der Waals surface area (Å²) in [5, 5.41) is 0. The first-order chi connectivity index (χ1) is 12.1. The summed E-state index contributed by atoms with van der Waals surface area (Å²) in [5.74, 6) is -0.494. The van der Waals surface area contributed by atoms with Gasteiger partial charge in [0.25, 0.3) is 5.91 Å². The molecular formula is C20H23N3O2. The second-order valence-corrected chi connectivity index (χ2v) is 6.38. The van der Waals surface area contributed by atoms with Crippen LogP contribution in [0.4, 0.5) is 0 Å². The minimum atomic E-state index is -0.296. The molecule has 0 aliphatic heterocycles. The molecule has 130 valence electrons. The van der Waals surface area contributed by atoms with Crippen molar-refractivity contribution in [1.82, 2.24) is 15.4 Å². The molecule has 3 rings (SSSR count). The highest BCUT2D eigenvalue weighted by atomic mass is 16.2. The Morgan fingerprint density at radius 3 is 2.52 bits per heavy atom. The van der Waals surface area contributed by atoms with Crippen LogP contribution in [-0.2, 0) is 4.79 Å². The Morgan fingerprint density at radius 2 is 1.84 bits per heavy atom. The number of nitrogens with one attached hydrogen (secondary N) is 2. The van der Waals surface area contributed by atoms with Crippen molar-refractivity contribution in [2.24, 2.45) is 5.92 Å². The Hall–Kier alpha value is -2.82. The first-order valence-electron chi connectivity index (χ1n) is 8.57. The average Bonchev–Trinajstić information content (AvgIpc) is 2.95. The molecule has 2 N–H and O–H groups in total. The Bertz CT molecular complexity index is 806. The van der Waals surface area contributed by atoms with Crippen molar-refractivity contribution in [2.75, 3.05) is 0 Å². The standard InChI is InChI=1S/C20H23N3O2/c1-14-13-18(15(2)23(14)17-11-7-4-8-12-17)20(25)22-21-19(24)16-9-5-3-6-10-16/h3-5,7-8,11-13,16H,6,9-10H2,1-2H3,(H,21,24)(H,22,25). The van der Waals surface area contributed by atoms with Gasteiger partial charge >= 0.3 is 0 Å². The van der Waals surface area contributed by atoms with Crippen LogP contribution in [0, 0.1) is 19.8 Å². The molecule has 1 aromatic heterocycles. The molecule has 0 bridgehead atoms. The summed E-state index contributed by atoms with van der Waals surface area (Å²) in [4.78, 5) is 24.6. The number of carbonyl (C=O) groups is 2. The van der Waals surface area contributed by atoms with Crippen molar-refractivity contribution in [2.45, 2.75) is 33.1 Å². The lowest BCUT2D eigenvalue weighted by Gasteiger charge is -2.17. The molecule has 0 radical (unpaired) electrons. The molecule has 1 heterocycles. The number of aryl methyl sites for hydroxylation is 1. The fourth-order valence-electron chi connectivity index (χ4n) is 3.29. The van der Waals surface area contributed by atoms with Gasteiger partial charge < -0.3 is 4.57 Å². The van der Waals surface area contributed by atoms with Crippen LogP contribution in [0.3, 0.4) is 0 Å². The van der Waals surface area contributed by atoms with E-state index in [1.165, 1.54) is 0 Å². The molecule has 0 spiro atoms. The predicted octanol–water partition coefficient (Wildman–Crippen LogP) is 3.21. The van der Waals surface area contributed by atoms with Crippen LogP contribution in [0.25, 0.3) is 5.69 Å². The van der Waals surface area contributed by atoms with E-state index in [0.717, 1.165) is 36.3 Å². The smallest absolute Gasteiger partial charge is 0.271 e. The molecule has 1 aliphatic carbocycles. The maximum absolute atomic E-state index is 12.5. The van der Waals surface area contributed by atoms with Gasteiger partial charge in [-0.05, 0) is 51.3 Å². The second kappa shape index (κ2) is 7.38. The summed E-state index contributed by atoms with van der Waals surface area (Å²) >= 11 is 0. The Kier molecular flexibility index (Phi) is 5.03. The number of aromatic nitrogens is 1. The molecule has 0 saturated carbocycles. The molecule has 1 unspecified atom stereocenters. The quantitative estimate of drug-likeness (QED) is 0.667. The highest BCUT2D eigenvalue weighted by molar-refractivity contribution is 5.97. The van der Waals surface area contributed by atoms with E-state index in [-0.39, 0.29) is 17.7 Å². The number of rotatable bonds is 3. The zero-order valence-corrected chi connectivity index (χ0v) is 14.6. The van der Waals surface area contributed by atoms with Crippen molar-refractivity contribution in [3.05, 3.63) is 65.5 Å². The van der Waals surface area contributed by atoms with Gasteiger partial charge in [0.2, 0.25) is 5.91 Å². The summed E-state index contributed by atoms with van der Waals surface area (Å²) in [6.45, 7) is 3.87. The van der Waals surface area contributed by atoms with Gasteiger partial charge in [0.1, 0.15) is 0 Å². The van der Waals surface area contributed by atoms with E-state index in [9.17, 15) is 9.59 Å². The predicted molar refractivity (Wildman–Crippen MR) is 97.3 cm³/mol. The number of allylic oxidation sites excluding steroid dienone is 2. The van der Waals surface area contributed by atoms with E-state index >= 15 is 0 Å².